The van der Waals surface area contributed by atoms with E-state index in [1.165, 1.54) is 32.2 Å². The van der Waals surface area contributed by atoms with Gasteiger partial charge in [-0.25, -0.2) is 9.59 Å². The number of rotatable bonds is 5. The van der Waals surface area contributed by atoms with Gasteiger partial charge in [-0.1, -0.05) is 19.3 Å². The van der Waals surface area contributed by atoms with Crippen LogP contribution in [0.3, 0.4) is 0 Å². The lowest BCUT2D eigenvalue weighted by atomic mass is 9.94. The van der Waals surface area contributed by atoms with E-state index in [0.717, 1.165) is 25.7 Å². The molecular weight excluding hydrogens is 260 g/mol. The van der Waals surface area contributed by atoms with Crippen LogP contribution in [-0.2, 0) is 4.79 Å². The fraction of sp³-hybridized carbons (Fsp3) is 0.857. The molecule has 1 aliphatic rings. The van der Waals surface area contributed by atoms with Gasteiger partial charge in [0.05, 0.1) is 6.61 Å². The highest BCUT2D eigenvalue weighted by molar-refractivity contribution is 5.85. The second-order valence-electron chi connectivity index (χ2n) is 5.91. The summed E-state index contributed by atoms with van der Waals surface area (Å²) in [6, 6.07) is -0.214. The maximum Gasteiger partial charge on any atom is 0.329 e. The number of carbonyl (C=O) groups excluding carboxylic acids is 1. The Balaban J connectivity index is 2.84. The Kier molecular flexibility index (Phi) is 5.80. The molecule has 0 unspecified atom stereocenters. The molecule has 20 heavy (non-hydrogen) atoms. The molecular formula is C14H26N2O4. The molecule has 116 valence electrons. The summed E-state index contributed by atoms with van der Waals surface area (Å²) >= 11 is 0. The lowest BCUT2D eigenvalue weighted by molar-refractivity contribution is -0.147. The minimum atomic E-state index is -1.26. The number of urea groups is 1. The predicted molar refractivity (Wildman–Crippen MR) is 75.5 cm³/mol. The van der Waals surface area contributed by atoms with E-state index in [1.807, 2.05) is 0 Å². The van der Waals surface area contributed by atoms with Crippen molar-refractivity contribution in [2.24, 2.45) is 0 Å². The van der Waals surface area contributed by atoms with Crippen molar-refractivity contribution < 1.29 is 19.8 Å². The summed E-state index contributed by atoms with van der Waals surface area (Å²) in [4.78, 5) is 26.7. The molecule has 1 aliphatic carbocycles. The molecule has 0 aromatic carbocycles. The highest BCUT2D eigenvalue weighted by Gasteiger charge is 2.38. The largest absolute Gasteiger partial charge is 0.480 e. The molecule has 6 heteroatoms. The number of aliphatic hydroxyl groups is 1. The third-order valence-electron chi connectivity index (χ3n) is 4.25. The average molecular weight is 286 g/mol. The molecule has 1 saturated carbocycles. The maximum atomic E-state index is 12.6. The van der Waals surface area contributed by atoms with E-state index in [-0.39, 0.29) is 25.2 Å². The van der Waals surface area contributed by atoms with Gasteiger partial charge < -0.3 is 20.0 Å². The summed E-state index contributed by atoms with van der Waals surface area (Å²) in [5, 5.41) is 18.4. The van der Waals surface area contributed by atoms with Gasteiger partial charge in [0.25, 0.3) is 0 Å². The van der Waals surface area contributed by atoms with Crippen molar-refractivity contribution in [3.05, 3.63) is 0 Å². The standard InChI is InChI=1S/C14H26N2O4/c1-14(2,12(18)19)15(3)13(20)16(9-10-17)11-7-5-4-6-8-11/h11,17H,4-10H2,1-3H3,(H,18,19). The summed E-state index contributed by atoms with van der Waals surface area (Å²) < 4.78 is 0. The molecule has 0 radical (unpaired) electrons. The van der Waals surface area contributed by atoms with Crippen LogP contribution in [0.25, 0.3) is 0 Å². The van der Waals surface area contributed by atoms with E-state index in [9.17, 15) is 19.8 Å². The smallest absolute Gasteiger partial charge is 0.329 e. The number of carboxylic acid groups (broad SMARTS) is 1. The Morgan fingerprint density at radius 3 is 2.20 bits per heavy atom. The summed E-state index contributed by atoms with van der Waals surface area (Å²) in [6.45, 7) is 3.16. The van der Waals surface area contributed by atoms with Gasteiger partial charge in [-0.3, -0.25) is 0 Å². The topological polar surface area (TPSA) is 81.1 Å². The van der Waals surface area contributed by atoms with Crippen LogP contribution in [0, 0.1) is 0 Å². The Labute approximate surface area is 120 Å². The normalized spacial score (nSPS) is 16.8. The zero-order chi connectivity index (χ0) is 15.3. The third-order valence-corrected chi connectivity index (χ3v) is 4.25. The van der Waals surface area contributed by atoms with Crippen LogP contribution < -0.4 is 0 Å². The van der Waals surface area contributed by atoms with Crippen LogP contribution in [0.5, 0.6) is 0 Å². The van der Waals surface area contributed by atoms with Gasteiger partial charge in [-0.05, 0) is 26.7 Å². The molecule has 0 bridgehead atoms. The Morgan fingerprint density at radius 1 is 1.20 bits per heavy atom. The number of aliphatic carboxylic acids is 1. The van der Waals surface area contributed by atoms with Crippen molar-refractivity contribution in [2.45, 2.75) is 57.5 Å². The van der Waals surface area contributed by atoms with Crippen LogP contribution in [-0.4, -0.2) is 63.8 Å². The van der Waals surface area contributed by atoms with Gasteiger partial charge in [0.1, 0.15) is 5.54 Å². The summed E-state index contributed by atoms with van der Waals surface area (Å²) in [5.41, 5.74) is -1.26. The van der Waals surface area contributed by atoms with Crippen molar-refractivity contribution in [1.29, 1.82) is 0 Å². The quantitative estimate of drug-likeness (QED) is 0.803. The molecule has 2 amide bonds. The molecule has 6 nitrogen and oxygen atoms in total. The number of likely N-dealkylation sites (N-methyl/N-ethyl adjacent to an activating group) is 1. The van der Waals surface area contributed by atoms with E-state index in [0.29, 0.717) is 0 Å². The van der Waals surface area contributed by atoms with Gasteiger partial charge in [0, 0.05) is 19.6 Å². The molecule has 0 aliphatic heterocycles. The van der Waals surface area contributed by atoms with Gasteiger partial charge in [0.15, 0.2) is 0 Å². The second kappa shape index (κ2) is 6.92. The number of carboxylic acids is 1. The first-order chi connectivity index (χ1) is 9.32. The summed E-state index contributed by atoms with van der Waals surface area (Å²) in [7, 11) is 1.50. The fourth-order valence-electron chi connectivity index (χ4n) is 2.51. The Morgan fingerprint density at radius 2 is 1.75 bits per heavy atom. The highest BCUT2D eigenvalue weighted by atomic mass is 16.4. The first-order valence-electron chi connectivity index (χ1n) is 7.21. The lowest BCUT2D eigenvalue weighted by Crippen LogP contribution is -2.57. The molecule has 0 saturated heterocycles. The van der Waals surface area contributed by atoms with Gasteiger partial charge in [-0.15, -0.1) is 0 Å². The van der Waals surface area contributed by atoms with Crippen molar-refractivity contribution in [2.75, 3.05) is 20.2 Å². The zero-order valence-electron chi connectivity index (χ0n) is 12.6. The molecule has 0 aromatic heterocycles. The van der Waals surface area contributed by atoms with Crippen molar-refractivity contribution >= 4 is 12.0 Å². The number of hydrogen-bond acceptors (Lipinski definition) is 3. The number of aliphatic hydroxyl groups excluding tert-OH is 1. The molecule has 0 heterocycles. The van der Waals surface area contributed by atoms with Crippen LogP contribution in [0.4, 0.5) is 4.79 Å². The first-order valence-corrected chi connectivity index (χ1v) is 7.21. The van der Waals surface area contributed by atoms with Crippen molar-refractivity contribution in [3.63, 3.8) is 0 Å². The van der Waals surface area contributed by atoms with E-state index >= 15 is 0 Å². The Bertz CT molecular complexity index is 351. The fourth-order valence-corrected chi connectivity index (χ4v) is 2.51. The minimum absolute atomic E-state index is 0.107. The summed E-state index contributed by atoms with van der Waals surface area (Å²) in [6.07, 6.45) is 5.17. The first kappa shape index (κ1) is 16.8. The van der Waals surface area contributed by atoms with Crippen LogP contribution in [0.1, 0.15) is 46.0 Å². The van der Waals surface area contributed by atoms with Gasteiger partial charge >= 0.3 is 12.0 Å². The van der Waals surface area contributed by atoms with Crippen LogP contribution in [0.15, 0.2) is 0 Å². The van der Waals surface area contributed by atoms with E-state index in [2.05, 4.69) is 0 Å². The zero-order valence-corrected chi connectivity index (χ0v) is 12.6. The minimum Gasteiger partial charge on any atom is -0.480 e. The molecule has 1 rings (SSSR count). The van der Waals surface area contributed by atoms with E-state index in [4.69, 9.17) is 0 Å². The average Bonchev–Trinajstić information content (AvgIpc) is 2.44. The third kappa shape index (κ3) is 3.62. The predicted octanol–water partition coefficient (Wildman–Crippen LogP) is 1.53. The van der Waals surface area contributed by atoms with Gasteiger partial charge in [0.2, 0.25) is 0 Å². The molecule has 1 fully saturated rings. The van der Waals surface area contributed by atoms with E-state index in [1.54, 1.807) is 4.90 Å². The number of amides is 2. The number of nitrogens with zero attached hydrogens (tertiary/aromatic N) is 2. The molecule has 0 spiro atoms. The summed E-state index contributed by atoms with van der Waals surface area (Å²) in [5.74, 6) is -1.04. The highest BCUT2D eigenvalue weighted by Crippen LogP contribution is 2.25. The Hall–Kier alpha value is -1.30. The van der Waals surface area contributed by atoms with Crippen LogP contribution >= 0.6 is 0 Å². The molecule has 0 atom stereocenters. The lowest BCUT2D eigenvalue weighted by Gasteiger charge is -2.40. The number of hydrogen-bond donors (Lipinski definition) is 2. The molecule has 0 aromatic rings. The monoisotopic (exact) mass is 286 g/mol. The molecule has 2 N–H and O–H groups in total. The number of carbonyl (C=O) groups is 2. The second-order valence-corrected chi connectivity index (χ2v) is 5.91. The van der Waals surface area contributed by atoms with E-state index < -0.39 is 11.5 Å². The maximum absolute atomic E-state index is 12.6. The van der Waals surface area contributed by atoms with Crippen molar-refractivity contribution in [1.82, 2.24) is 9.80 Å². The van der Waals surface area contributed by atoms with Crippen LogP contribution in [0.2, 0.25) is 0 Å². The van der Waals surface area contributed by atoms with Gasteiger partial charge in [-0.2, -0.15) is 0 Å². The van der Waals surface area contributed by atoms with Crippen molar-refractivity contribution in [3.8, 4) is 0 Å². The SMILES string of the molecule is CN(C(=O)N(CCO)C1CCCCC1)C(C)(C)C(=O)O.